The maximum absolute atomic E-state index is 12.7. The van der Waals surface area contributed by atoms with Gasteiger partial charge in [-0.25, -0.2) is 0 Å². The number of hydrogen-bond donors (Lipinski definition) is 0. The molecule has 314 valence electrons. The fourth-order valence-electron chi connectivity index (χ4n) is 6.95. The van der Waals surface area contributed by atoms with Gasteiger partial charge in [-0.3, -0.25) is 14.4 Å². The lowest BCUT2D eigenvalue weighted by Gasteiger charge is -2.18. The summed E-state index contributed by atoms with van der Waals surface area (Å²) in [7, 11) is 0. The summed E-state index contributed by atoms with van der Waals surface area (Å²) in [4.78, 5) is 37.7. The van der Waals surface area contributed by atoms with Crippen LogP contribution in [0.5, 0.6) is 0 Å². The average molecular weight is 751 g/mol. The molecule has 0 aromatic heterocycles. The van der Waals surface area contributed by atoms with Gasteiger partial charge in [-0.1, -0.05) is 220 Å². The molecule has 2 atom stereocenters. The Morgan fingerprint density at radius 3 is 0.981 bits per heavy atom. The van der Waals surface area contributed by atoms with Crippen molar-refractivity contribution in [3.05, 3.63) is 0 Å². The first kappa shape index (κ1) is 51.4. The van der Waals surface area contributed by atoms with Crippen molar-refractivity contribution in [1.29, 1.82) is 0 Å². The SMILES string of the molecule is CCCCCCCCCCCCCC(=O)O[C@@H](COC(=O)CCCCCCCCCCCC)COC(=O)CCCCCCCCCCCCC(C)CC. The van der Waals surface area contributed by atoms with E-state index in [2.05, 4.69) is 27.7 Å². The second-order valence-electron chi connectivity index (χ2n) is 16.3. The lowest BCUT2D eigenvalue weighted by atomic mass is 9.99. The van der Waals surface area contributed by atoms with Crippen LogP contribution in [0.2, 0.25) is 0 Å². The monoisotopic (exact) mass is 751 g/mol. The molecule has 0 spiro atoms. The van der Waals surface area contributed by atoms with Gasteiger partial charge in [0.25, 0.3) is 0 Å². The third kappa shape index (κ3) is 39.9. The molecule has 0 bridgehead atoms. The lowest BCUT2D eigenvalue weighted by Crippen LogP contribution is -2.30. The summed E-state index contributed by atoms with van der Waals surface area (Å²) in [6.45, 7) is 9.01. The molecule has 0 fully saturated rings. The molecule has 0 N–H and O–H groups in total. The van der Waals surface area contributed by atoms with E-state index < -0.39 is 6.10 Å². The molecule has 0 aliphatic heterocycles. The Kier molecular flexibility index (Phi) is 40.3. The second-order valence-corrected chi connectivity index (χ2v) is 16.3. The third-order valence-corrected chi connectivity index (χ3v) is 10.9. The van der Waals surface area contributed by atoms with Gasteiger partial charge >= 0.3 is 17.9 Å². The summed E-state index contributed by atoms with van der Waals surface area (Å²) in [5.41, 5.74) is 0. The quantitative estimate of drug-likeness (QED) is 0.0351. The highest BCUT2D eigenvalue weighted by Crippen LogP contribution is 2.17. The number of ether oxygens (including phenoxy) is 3. The van der Waals surface area contributed by atoms with E-state index in [1.54, 1.807) is 0 Å². The summed E-state index contributed by atoms with van der Waals surface area (Å²) in [6, 6.07) is 0. The van der Waals surface area contributed by atoms with Gasteiger partial charge in [0.15, 0.2) is 6.10 Å². The Bertz CT molecular complexity index is 798. The zero-order valence-corrected chi connectivity index (χ0v) is 36.0. The number of unbranched alkanes of at least 4 members (excludes halogenated alkanes) is 28. The van der Waals surface area contributed by atoms with Crippen LogP contribution in [-0.2, 0) is 28.6 Å². The average Bonchev–Trinajstić information content (AvgIpc) is 3.15. The van der Waals surface area contributed by atoms with E-state index in [1.807, 2.05) is 0 Å². The van der Waals surface area contributed by atoms with Crippen molar-refractivity contribution in [2.24, 2.45) is 5.92 Å². The van der Waals surface area contributed by atoms with E-state index in [9.17, 15) is 14.4 Å². The topological polar surface area (TPSA) is 78.9 Å². The Morgan fingerprint density at radius 2 is 0.660 bits per heavy atom. The first-order valence-electron chi connectivity index (χ1n) is 23.4. The molecule has 1 unspecified atom stereocenters. The predicted molar refractivity (Wildman–Crippen MR) is 224 cm³/mol. The summed E-state index contributed by atoms with van der Waals surface area (Å²) in [6.07, 6.45) is 40.7. The molecular formula is C47H90O6. The first-order chi connectivity index (χ1) is 25.9. The lowest BCUT2D eigenvalue weighted by molar-refractivity contribution is -0.167. The van der Waals surface area contributed by atoms with Gasteiger partial charge in [-0.2, -0.15) is 0 Å². The molecule has 0 saturated heterocycles. The van der Waals surface area contributed by atoms with Crippen molar-refractivity contribution in [3.8, 4) is 0 Å². The highest BCUT2D eigenvalue weighted by atomic mass is 16.6. The minimum absolute atomic E-state index is 0.0638. The van der Waals surface area contributed by atoms with E-state index >= 15 is 0 Å². The van der Waals surface area contributed by atoms with E-state index in [0.717, 1.165) is 63.7 Å². The van der Waals surface area contributed by atoms with Crippen LogP contribution in [0.1, 0.15) is 259 Å². The number of esters is 3. The van der Waals surface area contributed by atoms with Crippen LogP contribution >= 0.6 is 0 Å². The van der Waals surface area contributed by atoms with E-state index in [1.165, 1.54) is 154 Å². The van der Waals surface area contributed by atoms with Crippen molar-refractivity contribution in [1.82, 2.24) is 0 Å². The molecular weight excluding hydrogens is 661 g/mol. The van der Waals surface area contributed by atoms with Crippen molar-refractivity contribution in [2.45, 2.75) is 265 Å². The Labute approximate surface area is 329 Å². The second kappa shape index (κ2) is 41.6. The van der Waals surface area contributed by atoms with Gasteiger partial charge < -0.3 is 14.2 Å². The molecule has 0 aromatic carbocycles. The van der Waals surface area contributed by atoms with Gasteiger partial charge in [-0.15, -0.1) is 0 Å². The molecule has 0 aliphatic carbocycles. The molecule has 0 amide bonds. The molecule has 0 radical (unpaired) electrons. The van der Waals surface area contributed by atoms with Gasteiger partial charge in [0.2, 0.25) is 0 Å². The highest BCUT2D eigenvalue weighted by Gasteiger charge is 2.19. The first-order valence-corrected chi connectivity index (χ1v) is 23.4. The van der Waals surface area contributed by atoms with Crippen LogP contribution in [0.4, 0.5) is 0 Å². The number of rotatable bonds is 42. The molecule has 0 saturated carbocycles. The minimum atomic E-state index is -0.758. The van der Waals surface area contributed by atoms with Crippen LogP contribution in [0.25, 0.3) is 0 Å². The normalized spacial score (nSPS) is 12.5. The number of carbonyl (C=O) groups excluding carboxylic acids is 3. The summed E-state index contributed by atoms with van der Waals surface area (Å²) in [5, 5.41) is 0. The number of hydrogen-bond acceptors (Lipinski definition) is 6. The fourth-order valence-corrected chi connectivity index (χ4v) is 6.95. The standard InChI is InChI=1S/C47H90O6/c1-5-8-10-12-14-16-18-24-28-32-36-40-47(50)53-44(41-51-45(48)38-34-30-26-22-17-15-13-11-9-6-2)42-52-46(49)39-35-31-27-23-20-19-21-25-29-33-37-43(4)7-3/h43-44H,5-42H2,1-4H3/t43?,44-/m0/s1. The summed E-state index contributed by atoms with van der Waals surface area (Å²) in [5.74, 6) is 0.0157. The van der Waals surface area contributed by atoms with Gasteiger partial charge in [0.05, 0.1) is 0 Å². The smallest absolute Gasteiger partial charge is 0.306 e. The maximum Gasteiger partial charge on any atom is 0.306 e. The molecule has 0 heterocycles. The van der Waals surface area contributed by atoms with Crippen LogP contribution < -0.4 is 0 Å². The van der Waals surface area contributed by atoms with Crippen LogP contribution in [0.3, 0.4) is 0 Å². The molecule has 6 heteroatoms. The van der Waals surface area contributed by atoms with Gasteiger partial charge in [0, 0.05) is 19.3 Å². The van der Waals surface area contributed by atoms with Crippen LogP contribution in [0, 0.1) is 5.92 Å². The highest BCUT2D eigenvalue weighted by molar-refractivity contribution is 5.71. The molecule has 0 aliphatic rings. The van der Waals surface area contributed by atoms with E-state index in [-0.39, 0.29) is 31.1 Å². The van der Waals surface area contributed by atoms with E-state index in [4.69, 9.17) is 14.2 Å². The van der Waals surface area contributed by atoms with Crippen LogP contribution in [0.15, 0.2) is 0 Å². The summed E-state index contributed by atoms with van der Waals surface area (Å²) >= 11 is 0. The molecule has 6 nitrogen and oxygen atoms in total. The summed E-state index contributed by atoms with van der Waals surface area (Å²) < 4.78 is 16.7. The largest absolute Gasteiger partial charge is 0.462 e. The number of carbonyl (C=O) groups is 3. The maximum atomic E-state index is 12.7. The van der Waals surface area contributed by atoms with Crippen LogP contribution in [-0.4, -0.2) is 37.2 Å². The zero-order valence-electron chi connectivity index (χ0n) is 36.0. The minimum Gasteiger partial charge on any atom is -0.462 e. The van der Waals surface area contributed by atoms with Crippen molar-refractivity contribution in [3.63, 3.8) is 0 Å². The van der Waals surface area contributed by atoms with Crippen molar-refractivity contribution < 1.29 is 28.6 Å². The Hall–Kier alpha value is -1.59. The molecule has 0 aromatic rings. The van der Waals surface area contributed by atoms with E-state index in [0.29, 0.717) is 19.3 Å². The van der Waals surface area contributed by atoms with Gasteiger partial charge in [-0.05, 0) is 25.2 Å². The molecule has 0 rings (SSSR count). The molecule has 53 heavy (non-hydrogen) atoms. The Balaban J connectivity index is 4.31. The van der Waals surface area contributed by atoms with Crippen molar-refractivity contribution >= 4 is 17.9 Å². The third-order valence-electron chi connectivity index (χ3n) is 10.9. The van der Waals surface area contributed by atoms with Gasteiger partial charge in [0.1, 0.15) is 13.2 Å². The Morgan fingerprint density at radius 1 is 0.377 bits per heavy atom. The zero-order chi connectivity index (χ0) is 38.9. The van der Waals surface area contributed by atoms with Crippen molar-refractivity contribution in [2.75, 3.05) is 13.2 Å². The fraction of sp³-hybridized carbons (Fsp3) is 0.936. The predicted octanol–water partition coefficient (Wildman–Crippen LogP) is 14.7.